The van der Waals surface area contributed by atoms with E-state index < -0.39 is 21.8 Å². The lowest BCUT2D eigenvalue weighted by atomic mass is 10.2. The second kappa shape index (κ2) is 8.02. The molecule has 140 valence electrons. The first kappa shape index (κ1) is 18.6. The summed E-state index contributed by atoms with van der Waals surface area (Å²) in [6.07, 6.45) is 2.83. The quantitative estimate of drug-likeness (QED) is 0.705. The van der Waals surface area contributed by atoms with E-state index in [1.165, 1.54) is 10.6 Å². The predicted octanol–water partition coefficient (Wildman–Crippen LogP) is 0.927. The summed E-state index contributed by atoms with van der Waals surface area (Å²) in [5, 5.41) is 6.68. The van der Waals surface area contributed by atoms with Gasteiger partial charge >= 0.3 is 11.8 Å². The third-order valence-corrected chi connectivity index (χ3v) is 7.41. The number of hydrogen-bond acceptors (Lipinski definition) is 6. The van der Waals surface area contributed by atoms with Gasteiger partial charge in [-0.25, -0.2) is 8.42 Å². The number of sulfonamides is 1. The SMILES string of the molecule is O=C(NCc1ccco1)C(=O)NC[C@@H]1CCCN1S(=O)(=O)c1cccs1. The van der Waals surface area contributed by atoms with Crippen molar-refractivity contribution < 1.29 is 22.4 Å². The minimum absolute atomic E-state index is 0.0949. The first-order valence-corrected chi connectivity index (χ1v) is 10.4. The normalized spacial score (nSPS) is 17.9. The molecule has 8 nitrogen and oxygen atoms in total. The second-order valence-electron chi connectivity index (χ2n) is 5.82. The monoisotopic (exact) mass is 397 g/mol. The molecule has 26 heavy (non-hydrogen) atoms. The number of thiophene rings is 1. The highest BCUT2D eigenvalue weighted by atomic mass is 32.2. The van der Waals surface area contributed by atoms with E-state index in [4.69, 9.17) is 4.42 Å². The summed E-state index contributed by atoms with van der Waals surface area (Å²) in [5.74, 6) is -1.04. The Hall–Kier alpha value is -2.17. The highest BCUT2D eigenvalue weighted by Crippen LogP contribution is 2.28. The fraction of sp³-hybridized carbons (Fsp3) is 0.375. The molecular weight excluding hydrogens is 378 g/mol. The molecule has 0 unspecified atom stereocenters. The van der Waals surface area contributed by atoms with Crippen LogP contribution in [-0.2, 0) is 26.2 Å². The smallest absolute Gasteiger partial charge is 0.309 e. The van der Waals surface area contributed by atoms with Gasteiger partial charge < -0.3 is 15.1 Å². The Balaban J connectivity index is 1.53. The first-order chi connectivity index (χ1) is 12.5. The van der Waals surface area contributed by atoms with Crippen LogP contribution >= 0.6 is 11.3 Å². The molecule has 1 saturated heterocycles. The molecule has 2 aromatic heterocycles. The molecule has 0 saturated carbocycles. The molecule has 0 spiro atoms. The molecule has 0 aromatic carbocycles. The average Bonchev–Trinajstić information content (AvgIpc) is 3.39. The van der Waals surface area contributed by atoms with Gasteiger partial charge in [-0.1, -0.05) is 6.07 Å². The molecule has 3 rings (SSSR count). The van der Waals surface area contributed by atoms with Crippen molar-refractivity contribution in [2.75, 3.05) is 13.1 Å². The van der Waals surface area contributed by atoms with Gasteiger partial charge in [0, 0.05) is 19.1 Å². The molecule has 1 fully saturated rings. The lowest BCUT2D eigenvalue weighted by Crippen LogP contribution is -2.46. The maximum atomic E-state index is 12.7. The summed E-state index contributed by atoms with van der Waals surface area (Å²) in [6.45, 7) is 0.616. The third kappa shape index (κ3) is 4.14. The van der Waals surface area contributed by atoms with Gasteiger partial charge in [0.1, 0.15) is 9.97 Å². The standard InChI is InChI=1S/C16H19N3O5S2/c20-15(16(21)18-11-13-5-2-8-24-13)17-10-12-4-1-7-19(12)26(22,23)14-6-3-9-25-14/h2-3,5-6,8-9,12H,1,4,7,10-11H2,(H,17,20)(H,18,21)/t12-/m0/s1. The van der Waals surface area contributed by atoms with Crippen LogP contribution in [0.4, 0.5) is 0 Å². The lowest BCUT2D eigenvalue weighted by Gasteiger charge is -2.23. The van der Waals surface area contributed by atoms with Crippen LogP contribution in [0.1, 0.15) is 18.6 Å². The summed E-state index contributed by atoms with van der Waals surface area (Å²) in [7, 11) is -3.56. The molecule has 10 heteroatoms. The molecule has 2 aromatic rings. The molecule has 2 amide bonds. The second-order valence-corrected chi connectivity index (χ2v) is 8.88. The van der Waals surface area contributed by atoms with E-state index in [0.29, 0.717) is 18.7 Å². The summed E-state index contributed by atoms with van der Waals surface area (Å²) in [5.41, 5.74) is 0. The number of amides is 2. The average molecular weight is 397 g/mol. The highest BCUT2D eigenvalue weighted by Gasteiger charge is 2.36. The van der Waals surface area contributed by atoms with Gasteiger partial charge in [0.2, 0.25) is 0 Å². The van der Waals surface area contributed by atoms with Crippen molar-refractivity contribution in [1.29, 1.82) is 0 Å². The van der Waals surface area contributed by atoms with Crippen molar-refractivity contribution in [1.82, 2.24) is 14.9 Å². The van der Waals surface area contributed by atoms with Crippen LogP contribution in [0.2, 0.25) is 0 Å². The summed E-state index contributed by atoms with van der Waals surface area (Å²) in [4.78, 5) is 23.7. The zero-order valence-electron chi connectivity index (χ0n) is 13.9. The Labute approximate surface area is 155 Å². The van der Waals surface area contributed by atoms with Gasteiger partial charge in [-0.05, 0) is 36.4 Å². The molecular formula is C16H19N3O5S2. The van der Waals surface area contributed by atoms with E-state index in [0.717, 1.165) is 17.8 Å². The Morgan fingerprint density at radius 2 is 2.04 bits per heavy atom. The summed E-state index contributed by atoms with van der Waals surface area (Å²) >= 11 is 1.16. The fourth-order valence-corrected chi connectivity index (χ4v) is 5.62. The summed E-state index contributed by atoms with van der Waals surface area (Å²) < 4.78 is 32.1. The number of nitrogens with zero attached hydrogens (tertiary/aromatic N) is 1. The first-order valence-electron chi connectivity index (χ1n) is 8.12. The molecule has 0 radical (unpaired) electrons. The molecule has 0 bridgehead atoms. The summed E-state index contributed by atoms with van der Waals surface area (Å²) in [6, 6.07) is 6.27. The highest BCUT2D eigenvalue weighted by molar-refractivity contribution is 7.91. The topological polar surface area (TPSA) is 109 Å². The number of carbonyl (C=O) groups is 2. The van der Waals surface area contributed by atoms with Crippen LogP contribution in [0.25, 0.3) is 0 Å². The van der Waals surface area contributed by atoms with E-state index in [1.807, 2.05) is 0 Å². The zero-order valence-corrected chi connectivity index (χ0v) is 15.5. The van der Waals surface area contributed by atoms with Crippen molar-refractivity contribution in [3.8, 4) is 0 Å². The molecule has 3 heterocycles. The number of hydrogen-bond donors (Lipinski definition) is 2. The number of rotatable bonds is 6. The molecule has 1 aliphatic heterocycles. The van der Waals surface area contributed by atoms with Gasteiger partial charge in [0.15, 0.2) is 0 Å². The molecule has 1 aliphatic rings. The maximum Gasteiger partial charge on any atom is 0.309 e. The van der Waals surface area contributed by atoms with Crippen molar-refractivity contribution in [3.63, 3.8) is 0 Å². The maximum absolute atomic E-state index is 12.7. The fourth-order valence-electron chi connectivity index (χ4n) is 2.81. The minimum Gasteiger partial charge on any atom is -0.467 e. The number of nitrogens with one attached hydrogen (secondary N) is 2. The Bertz CT molecular complexity index is 847. The van der Waals surface area contributed by atoms with Crippen LogP contribution in [0.15, 0.2) is 44.5 Å². The Kier molecular flexibility index (Phi) is 5.74. The van der Waals surface area contributed by atoms with Gasteiger partial charge in [-0.3, -0.25) is 9.59 Å². The van der Waals surface area contributed by atoms with Crippen molar-refractivity contribution in [2.45, 2.75) is 29.6 Å². The largest absolute Gasteiger partial charge is 0.467 e. The van der Waals surface area contributed by atoms with Gasteiger partial charge in [0.25, 0.3) is 10.0 Å². The van der Waals surface area contributed by atoms with E-state index in [1.54, 1.807) is 29.6 Å². The van der Waals surface area contributed by atoms with Crippen LogP contribution in [0, 0.1) is 0 Å². The number of carbonyl (C=O) groups excluding carboxylic acids is 2. The van der Waals surface area contributed by atoms with Gasteiger partial charge in [-0.2, -0.15) is 4.31 Å². The van der Waals surface area contributed by atoms with Crippen molar-refractivity contribution in [3.05, 3.63) is 41.7 Å². The van der Waals surface area contributed by atoms with Crippen LogP contribution in [-0.4, -0.2) is 43.7 Å². The van der Waals surface area contributed by atoms with Crippen LogP contribution in [0.5, 0.6) is 0 Å². The van der Waals surface area contributed by atoms with Gasteiger partial charge in [-0.15, -0.1) is 11.3 Å². The number of furan rings is 1. The minimum atomic E-state index is -3.56. The van der Waals surface area contributed by atoms with E-state index in [-0.39, 0.29) is 23.3 Å². The third-order valence-electron chi connectivity index (χ3n) is 4.09. The molecule has 1 atom stereocenters. The van der Waals surface area contributed by atoms with E-state index in [2.05, 4.69) is 10.6 Å². The van der Waals surface area contributed by atoms with Crippen LogP contribution in [0.3, 0.4) is 0 Å². The molecule has 0 aliphatic carbocycles. The Morgan fingerprint density at radius 3 is 2.73 bits per heavy atom. The van der Waals surface area contributed by atoms with E-state index in [9.17, 15) is 18.0 Å². The van der Waals surface area contributed by atoms with Crippen LogP contribution < -0.4 is 10.6 Å². The predicted molar refractivity (Wildman–Crippen MR) is 94.8 cm³/mol. The lowest BCUT2D eigenvalue weighted by molar-refractivity contribution is -0.139. The zero-order chi connectivity index (χ0) is 18.6. The van der Waals surface area contributed by atoms with Gasteiger partial charge in [0.05, 0.1) is 12.8 Å². The van der Waals surface area contributed by atoms with Crippen molar-refractivity contribution >= 4 is 33.2 Å². The van der Waals surface area contributed by atoms with E-state index >= 15 is 0 Å². The Morgan fingerprint density at radius 1 is 1.23 bits per heavy atom. The van der Waals surface area contributed by atoms with Crippen molar-refractivity contribution in [2.24, 2.45) is 0 Å². The molecule has 2 N–H and O–H groups in total.